The molecule has 1 amide bonds. The number of rotatable bonds is 11. The van der Waals surface area contributed by atoms with Crippen LogP contribution in [0.4, 0.5) is 10.1 Å². The first-order chi connectivity index (χ1) is 21.7. The van der Waals surface area contributed by atoms with Gasteiger partial charge in [0.25, 0.3) is 5.91 Å². The first-order valence-corrected chi connectivity index (χ1v) is 14.9. The van der Waals surface area contributed by atoms with Crippen LogP contribution in [-0.4, -0.2) is 69.8 Å². The summed E-state index contributed by atoms with van der Waals surface area (Å²) >= 11 is 0. The van der Waals surface area contributed by atoms with Crippen molar-refractivity contribution in [3.05, 3.63) is 53.8 Å². The number of carbonyl (C=O) groups excluding carboxylic acids is 1. The molecule has 0 radical (unpaired) electrons. The van der Waals surface area contributed by atoms with Crippen LogP contribution in [-0.2, 0) is 0 Å². The maximum atomic E-state index is 13.6. The third-order valence-electron chi connectivity index (χ3n) is 7.54. The van der Waals surface area contributed by atoms with Crippen molar-refractivity contribution in [1.29, 1.82) is 0 Å². The van der Waals surface area contributed by atoms with Crippen LogP contribution in [0.5, 0.6) is 46.0 Å². The average molecular weight is 625 g/mol. The molecule has 0 aromatic heterocycles. The third kappa shape index (κ3) is 7.89. The van der Waals surface area contributed by atoms with Crippen LogP contribution >= 0.6 is 0 Å². The molecular weight excluding hydrogens is 583 g/mol. The Morgan fingerprint density at radius 3 is 2.31 bits per heavy atom. The van der Waals surface area contributed by atoms with Crippen LogP contribution in [0.3, 0.4) is 0 Å². The Bertz CT molecular complexity index is 1490. The van der Waals surface area contributed by atoms with Gasteiger partial charge in [-0.2, -0.15) is 0 Å². The van der Waals surface area contributed by atoms with Crippen LogP contribution in [0.2, 0.25) is 0 Å². The zero-order valence-electron chi connectivity index (χ0n) is 26.6. The number of phenols is 1. The number of aliphatic imine (C=N–C) groups is 1. The molecule has 3 aromatic rings. The van der Waals surface area contributed by atoms with Gasteiger partial charge in [0.15, 0.2) is 34.6 Å². The summed E-state index contributed by atoms with van der Waals surface area (Å²) in [5.74, 6) is 2.43. The number of hydrogen-bond acceptors (Lipinski definition) is 9. The van der Waals surface area contributed by atoms with Crippen molar-refractivity contribution in [3.8, 4) is 46.0 Å². The van der Waals surface area contributed by atoms with Gasteiger partial charge in [0, 0.05) is 37.0 Å². The van der Waals surface area contributed by atoms with Crippen molar-refractivity contribution in [2.24, 2.45) is 10.9 Å². The average Bonchev–Trinajstić information content (AvgIpc) is 3.48. The Labute approximate surface area is 263 Å². The summed E-state index contributed by atoms with van der Waals surface area (Å²) in [7, 11) is 6.02. The standard InChI is InChI=1S/C19H26N2O3.C15H15FO5/c1-4-6-13(2)12-24-18-10-16-15(9-17(18)23-3)19(22)21-8-5-7-14(21)11-20-16;1-18-13-7-10(8-14(19-2)15(13)20-3)21-12-6-9(17)4-5-11(12)16/h9-11,13-14H,4-8,12H2,1-3H3;4-8,17H,1-3H3. The molecule has 5 rings (SSSR count). The molecular formula is C34H41FN2O8. The number of nitrogens with zero attached hydrogens (tertiary/aromatic N) is 2. The van der Waals surface area contributed by atoms with Crippen LogP contribution in [0.1, 0.15) is 49.9 Å². The van der Waals surface area contributed by atoms with E-state index in [0.29, 0.717) is 52.5 Å². The minimum absolute atomic E-state index is 0.0363. The van der Waals surface area contributed by atoms with Gasteiger partial charge in [-0.3, -0.25) is 9.79 Å². The van der Waals surface area contributed by atoms with E-state index in [4.69, 9.17) is 28.4 Å². The van der Waals surface area contributed by atoms with Gasteiger partial charge in [-0.05, 0) is 43.4 Å². The lowest BCUT2D eigenvalue weighted by Crippen LogP contribution is -2.35. The van der Waals surface area contributed by atoms with E-state index in [1.54, 1.807) is 13.2 Å². The normalized spacial score (nSPS) is 15.6. The second-order valence-corrected chi connectivity index (χ2v) is 10.8. The number of benzene rings is 3. The molecule has 1 fully saturated rings. The molecule has 11 heteroatoms. The quantitative estimate of drug-likeness (QED) is 0.239. The molecule has 1 N–H and O–H groups in total. The van der Waals surface area contributed by atoms with E-state index in [1.165, 1.54) is 45.6 Å². The van der Waals surface area contributed by atoms with Gasteiger partial charge in [0.2, 0.25) is 5.75 Å². The Morgan fingerprint density at radius 1 is 0.956 bits per heavy atom. The molecule has 45 heavy (non-hydrogen) atoms. The fraction of sp³-hybridized carbons (Fsp3) is 0.412. The highest BCUT2D eigenvalue weighted by atomic mass is 19.1. The van der Waals surface area contributed by atoms with Crippen molar-refractivity contribution >= 4 is 17.8 Å². The number of fused-ring (bicyclic) bond motifs is 2. The van der Waals surface area contributed by atoms with Crippen LogP contribution in [0, 0.1) is 11.7 Å². The lowest BCUT2D eigenvalue weighted by molar-refractivity contribution is 0.0774. The highest BCUT2D eigenvalue weighted by molar-refractivity contribution is 6.03. The van der Waals surface area contributed by atoms with E-state index in [2.05, 4.69) is 18.8 Å². The molecule has 0 saturated carbocycles. The molecule has 2 aliphatic heterocycles. The number of aromatic hydroxyl groups is 1. The van der Waals surface area contributed by atoms with Crippen molar-refractivity contribution in [1.82, 2.24) is 4.90 Å². The van der Waals surface area contributed by atoms with Gasteiger partial charge in [-0.1, -0.05) is 20.3 Å². The molecule has 1 saturated heterocycles. The molecule has 2 aliphatic rings. The number of phenolic OH excluding ortho intramolecular Hbond substituents is 1. The Morgan fingerprint density at radius 2 is 1.67 bits per heavy atom. The fourth-order valence-electron chi connectivity index (χ4n) is 5.24. The molecule has 0 spiro atoms. The summed E-state index contributed by atoms with van der Waals surface area (Å²) < 4.78 is 46.0. The highest BCUT2D eigenvalue weighted by Gasteiger charge is 2.32. The highest BCUT2D eigenvalue weighted by Crippen LogP contribution is 2.42. The third-order valence-corrected chi connectivity index (χ3v) is 7.54. The number of amides is 1. The van der Waals surface area contributed by atoms with Gasteiger partial charge in [-0.25, -0.2) is 4.39 Å². The summed E-state index contributed by atoms with van der Waals surface area (Å²) in [5, 5.41) is 9.38. The first-order valence-electron chi connectivity index (χ1n) is 14.9. The van der Waals surface area contributed by atoms with E-state index in [0.717, 1.165) is 38.3 Å². The van der Waals surface area contributed by atoms with Crippen molar-refractivity contribution < 1.29 is 42.7 Å². The molecule has 0 aliphatic carbocycles. The van der Waals surface area contributed by atoms with E-state index in [-0.39, 0.29) is 29.2 Å². The molecule has 2 atom stereocenters. The smallest absolute Gasteiger partial charge is 0.256 e. The Hall–Kier alpha value is -4.67. The summed E-state index contributed by atoms with van der Waals surface area (Å²) in [5.41, 5.74) is 1.27. The number of ether oxygens (including phenoxy) is 6. The van der Waals surface area contributed by atoms with Gasteiger partial charge in [-0.15, -0.1) is 0 Å². The fourth-order valence-corrected chi connectivity index (χ4v) is 5.24. The second kappa shape index (κ2) is 15.4. The topological polar surface area (TPSA) is 108 Å². The van der Waals surface area contributed by atoms with E-state index in [1.807, 2.05) is 17.2 Å². The van der Waals surface area contributed by atoms with Crippen LogP contribution < -0.4 is 28.4 Å². The van der Waals surface area contributed by atoms with Gasteiger partial charge >= 0.3 is 0 Å². The van der Waals surface area contributed by atoms with Crippen LogP contribution in [0.25, 0.3) is 0 Å². The predicted molar refractivity (Wildman–Crippen MR) is 169 cm³/mol. The van der Waals surface area contributed by atoms with Gasteiger partial charge in [0.1, 0.15) is 11.5 Å². The summed E-state index contributed by atoms with van der Waals surface area (Å²) in [6.07, 6.45) is 6.18. The minimum atomic E-state index is -0.596. The van der Waals surface area contributed by atoms with Crippen molar-refractivity contribution in [3.63, 3.8) is 0 Å². The lowest BCUT2D eigenvalue weighted by Gasteiger charge is -2.20. The SMILES string of the molecule is CCCC(C)COc1cc2c(cc1OC)C(=O)N1CCCC1C=N2.COc1cc(Oc2cc(O)ccc2F)cc(OC)c1OC. The van der Waals surface area contributed by atoms with Gasteiger partial charge < -0.3 is 38.4 Å². The maximum absolute atomic E-state index is 13.6. The molecule has 10 nitrogen and oxygen atoms in total. The largest absolute Gasteiger partial charge is 0.508 e. The summed E-state index contributed by atoms with van der Waals surface area (Å²) in [6, 6.07) is 10.3. The number of halogens is 1. The lowest BCUT2D eigenvalue weighted by atomic mass is 10.1. The second-order valence-electron chi connectivity index (χ2n) is 10.8. The molecule has 0 bridgehead atoms. The zero-order chi connectivity index (χ0) is 32.5. The molecule has 2 heterocycles. The molecule has 2 unspecified atom stereocenters. The number of carbonyl (C=O) groups is 1. The van der Waals surface area contributed by atoms with Gasteiger partial charge in [0.05, 0.1) is 52.3 Å². The van der Waals surface area contributed by atoms with E-state index in [9.17, 15) is 14.3 Å². The Kier molecular flexibility index (Phi) is 11.3. The Balaban J connectivity index is 0.000000207. The monoisotopic (exact) mass is 624 g/mol. The first kappa shape index (κ1) is 33.2. The summed E-state index contributed by atoms with van der Waals surface area (Å²) in [6.45, 7) is 5.78. The van der Waals surface area contributed by atoms with Crippen molar-refractivity contribution in [2.75, 3.05) is 41.6 Å². The minimum Gasteiger partial charge on any atom is -0.508 e. The number of methoxy groups -OCH3 is 4. The van der Waals surface area contributed by atoms with E-state index < -0.39 is 5.82 Å². The maximum Gasteiger partial charge on any atom is 0.256 e. The van der Waals surface area contributed by atoms with Crippen molar-refractivity contribution in [2.45, 2.75) is 45.6 Å². The van der Waals surface area contributed by atoms with Crippen LogP contribution in [0.15, 0.2) is 47.5 Å². The summed E-state index contributed by atoms with van der Waals surface area (Å²) in [4.78, 5) is 19.3. The van der Waals surface area contributed by atoms with E-state index >= 15 is 0 Å². The number of hydrogen-bond donors (Lipinski definition) is 1. The molecule has 242 valence electrons. The molecule has 3 aromatic carbocycles. The zero-order valence-corrected chi connectivity index (χ0v) is 26.6. The predicted octanol–water partition coefficient (Wildman–Crippen LogP) is 7.18.